The number of carbonyl (C=O) groups is 1. The van der Waals surface area contributed by atoms with Crippen LogP contribution < -0.4 is 0 Å². The number of rotatable bonds is 5. The predicted molar refractivity (Wildman–Crippen MR) is 101 cm³/mol. The van der Waals surface area contributed by atoms with Crippen molar-refractivity contribution in [2.45, 2.75) is 39.2 Å². The zero-order valence-corrected chi connectivity index (χ0v) is 15.8. The van der Waals surface area contributed by atoms with E-state index in [1.165, 1.54) is 6.26 Å². The van der Waals surface area contributed by atoms with Gasteiger partial charge in [0.1, 0.15) is 5.69 Å². The molecule has 1 aliphatic heterocycles. The molecule has 0 bridgehead atoms. The van der Waals surface area contributed by atoms with Crippen molar-refractivity contribution in [1.29, 1.82) is 0 Å². The molecule has 3 aromatic heterocycles. The lowest BCUT2D eigenvalue weighted by Crippen LogP contribution is -2.40. The van der Waals surface area contributed by atoms with Gasteiger partial charge in [0, 0.05) is 31.2 Å². The second-order valence-electron chi connectivity index (χ2n) is 7.56. The van der Waals surface area contributed by atoms with Crippen LogP contribution in [0.1, 0.15) is 49.0 Å². The maximum absolute atomic E-state index is 12.6. The molecule has 0 unspecified atom stereocenters. The number of hydrogen-bond acceptors (Lipinski definition) is 4. The van der Waals surface area contributed by atoms with Gasteiger partial charge >= 0.3 is 0 Å². The fraction of sp³-hybridized carbons (Fsp3) is 0.450. The molecule has 4 heterocycles. The number of nitrogens with zero attached hydrogens (tertiary/aromatic N) is 4. The van der Waals surface area contributed by atoms with Crippen molar-refractivity contribution in [2.24, 2.45) is 5.92 Å². The SMILES string of the molecule is CC(C)Cc1cc(-c2nccn2[C@@H]2CCCN(C(=O)c3ccco3)C2)n[nH]1. The van der Waals surface area contributed by atoms with Gasteiger partial charge in [-0.3, -0.25) is 9.89 Å². The Kier molecular flexibility index (Phi) is 4.83. The van der Waals surface area contributed by atoms with Gasteiger partial charge in [0.2, 0.25) is 0 Å². The Bertz CT molecular complexity index is 893. The van der Waals surface area contributed by atoms with Gasteiger partial charge < -0.3 is 13.9 Å². The van der Waals surface area contributed by atoms with E-state index in [-0.39, 0.29) is 11.9 Å². The number of furan rings is 1. The number of aromatic amines is 1. The fourth-order valence-corrected chi connectivity index (χ4v) is 3.75. The maximum atomic E-state index is 12.6. The molecule has 1 aliphatic rings. The highest BCUT2D eigenvalue weighted by Crippen LogP contribution is 2.28. The third kappa shape index (κ3) is 3.67. The molecule has 7 heteroatoms. The summed E-state index contributed by atoms with van der Waals surface area (Å²) in [7, 11) is 0. The summed E-state index contributed by atoms with van der Waals surface area (Å²) in [4.78, 5) is 19.0. The number of piperidine rings is 1. The van der Waals surface area contributed by atoms with E-state index in [1.54, 1.807) is 18.3 Å². The second kappa shape index (κ2) is 7.42. The number of imidazole rings is 1. The molecule has 4 rings (SSSR count). The van der Waals surface area contributed by atoms with E-state index in [9.17, 15) is 4.79 Å². The number of hydrogen-bond donors (Lipinski definition) is 1. The molecule has 0 aromatic carbocycles. The first-order valence-electron chi connectivity index (χ1n) is 9.52. The van der Waals surface area contributed by atoms with Gasteiger partial charge in [-0.25, -0.2) is 4.98 Å². The monoisotopic (exact) mass is 367 g/mol. The number of carbonyl (C=O) groups excluding carboxylic acids is 1. The highest BCUT2D eigenvalue weighted by Gasteiger charge is 2.28. The van der Waals surface area contributed by atoms with E-state index >= 15 is 0 Å². The molecule has 7 nitrogen and oxygen atoms in total. The molecule has 0 saturated carbocycles. The van der Waals surface area contributed by atoms with Crippen molar-refractivity contribution < 1.29 is 9.21 Å². The van der Waals surface area contributed by atoms with E-state index in [0.717, 1.165) is 43.0 Å². The van der Waals surface area contributed by atoms with E-state index in [1.807, 2.05) is 11.1 Å². The van der Waals surface area contributed by atoms with E-state index in [2.05, 4.69) is 39.7 Å². The van der Waals surface area contributed by atoms with Crippen LogP contribution >= 0.6 is 0 Å². The zero-order valence-electron chi connectivity index (χ0n) is 15.8. The summed E-state index contributed by atoms with van der Waals surface area (Å²) in [6, 6.07) is 5.72. The van der Waals surface area contributed by atoms with Crippen molar-refractivity contribution >= 4 is 5.91 Å². The Morgan fingerprint density at radius 3 is 3.11 bits per heavy atom. The van der Waals surface area contributed by atoms with Gasteiger partial charge in [-0.1, -0.05) is 13.8 Å². The van der Waals surface area contributed by atoms with Gasteiger partial charge in [-0.15, -0.1) is 0 Å². The van der Waals surface area contributed by atoms with Crippen LogP contribution in [0.15, 0.2) is 41.3 Å². The quantitative estimate of drug-likeness (QED) is 0.748. The Morgan fingerprint density at radius 1 is 1.44 bits per heavy atom. The summed E-state index contributed by atoms with van der Waals surface area (Å²) >= 11 is 0. The van der Waals surface area contributed by atoms with Crippen molar-refractivity contribution in [3.63, 3.8) is 0 Å². The minimum atomic E-state index is -0.0506. The van der Waals surface area contributed by atoms with Crippen LogP contribution in [0.25, 0.3) is 11.5 Å². The minimum absolute atomic E-state index is 0.0506. The van der Waals surface area contributed by atoms with E-state index in [4.69, 9.17) is 4.42 Å². The van der Waals surface area contributed by atoms with Gasteiger partial charge in [0.25, 0.3) is 5.91 Å². The lowest BCUT2D eigenvalue weighted by Gasteiger charge is -2.33. The van der Waals surface area contributed by atoms with Crippen LogP contribution in [0.5, 0.6) is 0 Å². The first-order chi connectivity index (χ1) is 13.1. The fourth-order valence-electron chi connectivity index (χ4n) is 3.75. The average molecular weight is 367 g/mol. The predicted octanol–water partition coefficient (Wildman–Crippen LogP) is 3.54. The largest absolute Gasteiger partial charge is 0.459 e. The Hall–Kier alpha value is -2.83. The van der Waals surface area contributed by atoms with Crippen LogP contribution in [-0.2, 0) is 6.42 Å². The van der Waals surface area contributed by atoms with E-state index < -0.39 is 0 Å². The third-order valence-electron chi connectivity index (χ3n) is 4.97. The number of aromatic nitrogens is 4. The molecule has 1 amide bonds. The number of amides is 1. The molecule has 1 N–H and O–H groups in total. The Labute approximate surface area is 158 Å². The standard InChI is InChI=1S/C20H25N5O2/c1-14(2)11-15-12-17(23-22-15)19-21-7-9-25(19)16-5-3-8-24(13-16)20(26)18-6-4-10-27-18/h4,6-7,9-10,12,14,16H,3,5,8,11,13H2,1-2H3,(H,22,23)/t16-/m1/s1. The molecule has 1 atom stereocenters. The first-order valence-corrected chi connectivity index (χ1v) is 9.52. The van der Waals surface area contributed by atoms with Crippen LogP contribution in [0.2, 0.25) is 0 Å². The van der Waals surface area contributed by atoms with Crippen LogP contribution in [0, 0.1) is 5.92 Å². The molecular formula is C20H25N5O2. The first kappa shape index (κ1) is 17.6. The molecule has 0 aliphatic carbocycles. The van der Waals surface area contributed by atoms with Crippen molar-refractivity contribution in [2.75, 3.05) is 13.1 Å². The van der Waals surface area contributed by atoms with Crippen LogP contribution in [-0.4, -0.2) is 43.6 Å². The average Bonchev–Trinajstić information content (AvgIpc) is 3.41. The number of H-pyrrole nitrogens is 1. The van der Waals surface area contributed by atoms with Gasteiger partial charge in [-0.2, -0.15) is 5.10 Å². The highest BCUT2D eigenvalue weighted by atomic mass is 16.3. The molecule has 1 saturated heterocycles. The summed E-state index contributed by atoms with van der Waals surface area (Å²) in [5, 5.41) is 7.58. The molecule has 3 aromatic rings. The minimum Gasteiger partial charge on any atom is -0.459 e. The molecule has 0 radical (unpaired) electrons. The number of likely N-dealkylation sites (tertiary alicyclic amines) is 1. The lowest BCUT2D eigenvalue weighted by atomic mass is 10.0. The third-order valence-corrected chi connectivity index (χ3v) is 4.97. The Morgan fingerprint density at radius 2 is 2.33 bits per heavy atom. The summed E-state index contributed by atoms with van der Waals surface area (Å²) in [5.41, 5.74) is 1.97. The maximum Gasteiger partial charge on any atom is 0.289 e. The van der Waals surface area contributed by atoms with Crippen LogP contribution in [0.4, 0.5) is 0 Å². The summed E-state index contributed by atoms with van der Waals surface area (Å²) in [6.45, 7) is 5.77. The summed E-state index contributed by atoms with van der Waals surface area (Å²) in [5.74, 6) is 1.76. The lowest BCUT2D eigenvalue weighted by molar-refractivity contribution is 0.0648. The summed E-state index contributed by atoms with van der Waals surface area (Å²) in [6.07, 6.45) is 8.25. The normalized spacial score (nSPS) is 17.6. The van der Waals surface area contributed by atoms with E-state index in [0.29, 0.717) is 18.2 Å². The molecule has 0 spiro atoms. The zero-order chi connectivity index (χ0) is 18.8. The van der Waals surface area contributed by atoms with Crippen molar-refractivity contribution in [1.82, 2.24) is 24.6 Å². The molecule has 142 valence electrons. The topological polar surface area (TPSA) is 79.9 Å². The van der Waals surface area contributed by atoms with Crippen LogP contribution in [0.3, 0.4) is 0 Å². The summed E-state index contributed by atoms with van der Waals surface area (Å²) < 4.78 is 7.43. The molecular weight excluding hydrogens is 342 g/mol. The smallest absolute Gasteiger partial charge is 0.289 e. The van der Waals surface area contributed by atoms with Gasteiger partial charge in [-0.05, 0) is 43.4 Å². The Balaban J connectivity index is 1.53. The van der Waals surface area contributed by atoms with Crippen molar-refractivity contribution in [3.05, 3.63) is 48.3 Å². The second-order valence-corrected chi connectivity index (χ2v) is 7.56. The van der Waals surface area contributed by atoms with Gasteiger partial charge in [0.05, 0.1) is 12.3 Å². The molecule has 27 heavy (non-hydrogen) atoms. The highest BCUT2D eigenvalue weighted by molar-refractivity contribution is 5.91. The molecule has 1 fully saturated rings. The van der Waals surface area contributed by atoms with Gasteiger partial charge in [0.15, 0.2) is 11.6 Å². The number of nitrogens with one attached hydrogen (secondary N) is 1. The van der Waals surface area contributed by atoms with Crippen molar-refractivity contribution in [3.8, 4) is 11.5 Å².